The molecule has 2 heterocycles. The summed E-state index contributed by atoms with van der Waals surface area (Å²) in [5.74, 6) is 6.55. The molecule has 5 heteroatoms. The van der Waals surface area contributed by atoms with Gasteiger partial charge in [-0.15, -0.1) is 0 Å². The van der Waals surface area contributed by atoms with Crippen molar-refractivity contribution in [3.05, 3.63) is 47.5 Å². The fourth-order valence-corrected chi connectivity index (χ4v) is 3.90. The first kappa shape index (κ1) is 16.9. The van der Waals surface area contributed by atoms with E-state index in [1.165, 1.54) is 42.4 Å². The van der Waals surface area contributed by atoms with Crippen LogP contribution in [-0.4, -0.2) is 35.9 Å². The quantitative estimate of drug-likeness (QED) is 0.641. The van der Waals surface area contributed by atoms with Crippen LogP contribution in [0.1, 0.15) is 30.4 Å². The monoisotopic (exact) mass is 362 g/mol. The molecule has 0 N–H and O–H groups in total. The molecule has 1 saturated heterocycles. The Kier molecular flexibility index (Phi) is 4.77. The summed E-state index contributed by atoms with van der Waals surface area (Å²) in [6.07, 6.45) is 3.83. The highest BCUT2D eigenvalue weighted by atomic mass is 32.1. The number of piperidine rings is 1. The van der Waals surface area contributed by atoms with Gasteiger partial charge in [0.05, 0.1) is 23.0 Å². The number of nitrogens with zero attached hydrogens (tertiary/aromatic N) is 4. The van der Waals surface area contributed by atoms with Gasteiger partial charge in [0.2, 0.25) is 0 Å². The molecule has 1 fully saturated rings. The molecule has 4 nitrogen and oxygen atoms in total. The molecule has 0 radical (unpaired) electrons. The summed E-state index contributed by atoms with van der Waals surface area (Å²) in [5, 5.41) is 0. The first-order chi connectivity index (χ1) is 12.7. The normalized spacial score (nSPS) is 14.2. The van der Waals surface area contributed by atoms with E-state index >= 15 is 0 Å². The third-order valence-corrected chi connectivity index (χ3v) is 5.34. The largest absolute Gasteiger partial charge is 0.378 e. The zero-order valence-electron chi connectivity index (χ0n) is 15.2. The summed E-state index contributed by atoms with van der Waals surface area (Å²) in [6.45, 7) is 2.21. The minimum absolute atomic E-state index is 0.926. The Morgan fingerprint density at radius 2 is 1.62 bits per heavy atom. The van der Waals surface area contributed by atoms with Crippen molar-refractivity contribution in [2.75, 3.05) is 37.0 Å². The molecule has 1 aliphatic heterocycles. The van der Waals surface area contributed by atoms with Crippen LogP contribution >= 0.6 is 11.7 Å². The van der Waals surface area contributed by atoms with Gasteiger partial charge in [-0.05, 0) is 55.7 Å². The second kappa shape index (κ2) is 7.35. The standard InChI is InChI=1S/C21H22N4S/c1-24(2)18-11-7-16(8-12-18)6-9-17-10-13-19(21-20(17)22-26-23-21)25-14-4-3-5-15-25/h7-8,10-13H,3-5,14-15H2,1-2H3. The molecular formula is C21H22N4S. The lowest BCUT2D eigenvalue weighted by Gasteiger charge is -2.28. The molecule has 26 heavy (non-hydrogen) atoms. The SMILES string of the molecule is CN(C)c1ccc(C#Cc2ccc(N3CCCCC3)c3nsnc23)cc1. The summed E-state index contributed by atoms with van der Waals surface area (Å²) in [4.78, 5) is 4.52. The van der Waals surface area contributed by atoms with Gasteiger partial charge in [0.1, 0.15) is 11.0 Å². The Balaban J connectivity index is 1.65. The molecule has 0 amide bonds. The van der Waals surface area contributed by atoms with E-state index in [1.54, 1.807) is 0 Å². The van der Waals surface area contributed by atoms with Crippen LogP contribution in [-0.2, 0) is 0 Å². The second-order valence-corrected chi connectivity index (χ2v) is 7.36. The molecule has 2 aromatic carbocycles. The average Bonchev–Trinajstić information content (AvgIpc) is 3.17. The Bertz CT molecular complexity index is 957. The molecule has 0 atom stereocenters. The summed E-state index contributed by atoms with van der Waals surface area (Å²) in [7, 11) is 4.08. The number of anilines is 2. The molecule has 0 unspecified atom stereocenters. The molecular weight excluding hydrogens is 340 g/mol. The molecule has 0 spiro atoms. The number of hydrogen-bond acceptors (Lipinski definition) is 5. The van der Waals surface area contributed by atoms with Crippen molar-refractivity contribution in [2.24, 2.45) is 0 Å². The van der Waals surface area contributed by atoms with Crippen molar-refractivity contribution in [2.45, 2.75) is 19.3 Å². The first-order valence-electron chi connectivity index (χ1n) is 9.02. The molecule has 4 rings (SSSR count). The first-order valence-corrected chi connectivity index (χ1v) is 9.75. The molecule has 3 aromatic rings. The van der Waals surface area contributed by atoms with E-state index in [1.807, 2.05) is 14.1 Å². The molecule has 132 valence electrons. The van der Waals surface area contributed by atoms with Crippen molar-refractivity contribution < 1.29 is 0 Å². The summed E-state index contributed by atoms with van der Waals surface area (Å²) >= 11 is 1.27. The third-order valence-electron chi connectivity index (χ3n) is 4.82. The van der Waals surface area contributed by atoms with Gasteiger partial charge in [0, 0.05) is 38.4 Å². The Morgan fingerprint density at radius 3 is 2.35 bits per heavy atom. The van der Waals surface area contributed by atoms with Crippen LogP contribution in [0.4, 0.5) is 11.4 Å². The summed E-state index contributed by atoms with van der Waals surface area (Å²) in [5.41, 5.74) is 6.25. The van der Waals surface area contributed by atoms with Gasteiger partial charge in [-0.25, -0.2) is 0 Å². The van der Waals surface area contributed by atoms with Gasteiger partial charge in [0.25, 0.3) is 0 Å². The van der Waals surface area contributed by atoms with Crippen LogP contribution in [0.15, 0.2) is 36.4 Å². The number of benzene rings is 2. The lowest BCUT2D eigenvalue weighted by atomic mass is 10.1. The molecule has 0 aliphatic carbocycles. The smallest absolute Gasteiger partial charge is 0.129 e. The van der Waals surface area contributed by atoms with Gasteiger partial charge in [-0.2, -0.15) is 8.75 Å². The highest BCUT2D eigenvalue weighted by Crippen LogP contribution is 2.29. The Labute approximate surface area is 158 Å². The fraction of sp³-hybridized carbons (Fsp3) is 0.333. The van der Waals surface area contributed by atoms with Crippen LogP contribution in [0.3, 0.4) is 0 Å². The maximum atomic E-state index is 4.56. The minimum Gasteiger partial charge on any atom is -0.378 e. The molecule has 0 bridgehead atoms. The van der Waals surface area contributed by atoms with Gasteiger partial charge in [0.15, 0.2) is 0 Å². The highest BCUT2D eigenvalue weighted by Gasteiger charge is 2.17. The van der Waals surface area contributed by atoms with Crippen molar-refractivity contribution in [3.63, 3.8) is 0 Å². The molecule has 1 aromatic heterocycles. The minimum atomic E-state index is 0.926. The Hall–Kier alpha value is -2.58. The maximum Gasteiger partial charge on any atom is 0.129 e. The highest BCUT2D eigenvalue weighted by molar-refractivity contribution is 7.00. The predicted octanol–water partition coefficient (Wildman–Crippen LogP) is 4.15. The fourth-order valence-electron chi connectivity index (χ4n) is 3.33. The van der Waals surface area contributed by atoms with Gasteiger partial charge < -0.3 is 9.80 Å². The molecule has 1 aliphatic rings. The van der Waals surface area contributed by atoms with Crippen LogP contribution in [0, 0.1) is 11.8 Å². The van der Waals surface area contributed by atoms with Gasteiger partial charge in [-0.1, -0.05) is 11.8 Å². The summed E-state index contributed by atoms with van der Waals surface area (Å²) in [6, 6.07) is 12.5. The van der Waals surface area contributed by atoms with E-state index in [2.05, 4.69) is 66.8 Å². The van der Waals surface area contributed by atoms with Crippen LogP contribution in [0.5, 0.6) is 0 Å². The van der Waals surface area contributed by atoms with E-state index in [-0.39, 0.29) is 0 Å². The summed E-state index contributed by atoms with van der Waals surface area (Å²) < 4.78 is 9.07. The van der Waals surface area contributed by atoms with Crippen molar-refractivity contribution in [3.8, 4) is 11.8 Å². The van der Waals surface area contributed by atoms with E-state index in [9.17, 15) is 0 Å². The topological polar surface area (TPSA) is 32.3 Å². The second-order valence-electron chi connectivity index (χ2n) is 6.83. The van der Waals surface area contributed by atoms with Crippen LogP contribution in [0.25, 0.3) is 11.0 Å². The maximum absolute atomic E-state index is 4.56. The number of hydrogen-bond donors (Lipinski definition) is 0. The van der Waals surface area contributed by atoms with Crippen molar-refractivity contribution >= 4 is 34.1 Å². The van der Waals surface area contributed by atoms with Gasteiger partial charge >= 0.3 is 0 Å². The van der Waals surface area contributed by atoms with E-state index in [4.69, 9.17) is 0 Å². The Morgan fingerprint density at radius 1 is 0.885 bits per heavy atom. The lowest BCUT2D eigenvalue weighted by Crippen LogP contribution is -2.29. The third kappa shape index (κ3) is 3.38. The van der Waals surface area contributed by atoms with Crippen LogP contribution < -0.4 is 9.80 Å². The zero-order chi connectivity index (χ0) is 17.9. The van der Waals surface area contributed by atoms with E-state index < -0.39 is 0 Å². The van der Waals surface area contributed by atoms with E-state index in [0.717, 1.165) is 35.2 Å². The predicted molar refractivity (Wildman–Crippen MR) is 110 cm³/mol. The van der Waals surface area contributed by atoms with Crippen molar-refractivity contribution in [1.82, 2.24) is 8.75 Å². The number of fused-ring (bicyclic) bond motifs is 1. The number of aromatic nitrogens is 2. The van der Waals surface area contributed by atoms with E-state index in [0.29, 0.717) is 0 Å². The molecule has 0 saturated carbocycles. The van der Waals surface area contributed by atoms with Crippen molar-refractivity contribution in [1.29, 1.82) is 0 Å². The van der Waals surface area contributed by atoms with Crippen LogP contribution in [0.2, 0.25) is 0 Å². The van der Waals surface area contributed by atoms with Gasteiger partial charge in [-0.3, -0.25) is 0 Å². The number of rotatable bonds is 2. The average molecular weight is 363 g/mol. The lowest BCUT2D eigenvalue weighted by molar-refractivity contribution is 0.579. The zero-order valence-corrected chi connectivity index (χ0v) is 16.0.